The lowest BCUT2D eigenvalue weighted by Crippen LogP contribution is -2.36. The predicted molar refractivity (Wildman–Crippen MR) is 70.2 cm³/mol. The van der Waals surface area contributed by atoms with Gasteiger partial charge in [0, 0.05) is 11.9 Å². The summed E-state index contributed by atoms with van der Waals surface area (Å²) in [4.78, 5) is 24.8. The summed E-state index contributed by atoms with van der Waals surface area (Å²) in [7, 11) is 1.32. The van der Waals surface area contributed by atoms with Crippen molar-refractivity contribution in [1.29, 1.82) is 0 Å². The van der Waals surface area contributed by atoms with Gasteiger partial charge in [0.1, 0.15) is 6.54 Å². The first-order valence-corrected chi connectivity index (χ1v) is 6.85. The van der Waals surface area contributed by atoms with Crippen LogP contribution in [0.3, 0.4) is 0 Å². The van der Waals surface area contributed by atoms with Gasteiger partial charge in [0.2, 0.25) is 0 Å². The lowest BCUT2D eigenvalue weighted by Gasteiger charge is -2.19. The second-order valence-electron chi connectivity index (χ2n) is 3.44. The highest BCUT2D eigenvalue weighted by atomic mass is 79.9. The van der Waals surface area contributed by atoms with E-state index in [-0.39, 0.29) is 12.5 Å². The number of carbonyl (C=O) groups excluding carboxylic acids is 2. The van der Waals surface area contributed by atoms with Gasteiger partial charge in [-0.15, -0.1) is 11.3 Å². The van der Waals surface area contributed by atoms with Crippen LogP contribution in [0.4, 0.5) is 0 Å². The lowest BCUT2D eigenvalue weighted by molar-refractivity contribution is -0.141. The summed E-state index contributed by atoms with van der Waals surface area (Å²) < 4.78 is 5.48. The molecule has 0 atom stereocenters. The van der Waals surface area contributed by atoms with E-state index in [2.05, 4.69) is 20.7 Å². The third-order valence-electron chi connectivity index (χ3n) is 2.14. The van der Waals surface area contributed by atoms with Gasteiger partial charge >= 0.3 is 5.97 Å². The molecule has 0 aliphatic carbocycles. The van der Waals surface area contributed by atoms with E-state index in [1.165, 1.54) is 23.3 Å². The zero-order valence-corrected chi connectivity index (χ0v) is 12.1. The minimum Gasteiger partial charge on any atom is -0.468 e. The van der Waals surface area contributed by atoms with Crippen LogP contribution in [0, 0.1) is 0 Å². The number of amides is 1. The molecule has 1 heterocycles. The number of esters is 1. The smallest absolute Gasteiger partial charge is 0.325 e. The van der Waals surface area contributed by atoms with Crippen molar-refractivity contribution in [3.63, 3.8) is 0 Å². The highest BCUT2D eigenvalue weighted by Gasteiger charge is 2.19. The molecule has 0 aliphatic heterocycles. The van der Waals surface area contributed by atoms with Crippen LogP contribution in [-0.4, -0.2) is 37.0 Å². The Balaban J connectivity index is 2.76. The van der Waals surface area contributed by atoms with E-state index >= 15 is 0 Å². The first-order valence-electron chi connectivity index (χ1n) is 5.18. The van der Waals surface area contributed by atoms with Crippen LogP contribution in [0.1, 0.15) is 23.7 Å². The van der Waals surface area contributed by atoms with E-state index in [9.17, 15) is 9.59 Å². The van der Waals surface area contributed by atoms with Gasteiger partial charge in [-0.25, -0.2) is 0 Å². The number of ether oxygens (including phenoxy) is 1. The number of hydrogen-bond donors (Lipinski definition) is 0. The fourth-order valence-corrected chi connectivity index (χ4v) is 2.48. The van der Waals surface area contributed by atoms with Crippen LogP contribution >= 0.6 is 27.3 Å². The molecule has 0 fully saturated rings. The van der Waals surface area contributed by atoms with Gasteiger partial charge in [-0.05, 0) is 28.4 Å². The topological polar surface area (TPSA) is 46.6 Å². The van der Waals surface area contributed by atoms with E-state index < -0.39 is 5.97 Å². The van der Waals surface area contributed by atoms with Crippen molar-refractivity contribution in [3.8, 4) is 0 Å². The fraction of sp³-hybridized carbons (Fsp3) is 0.455. The molecule has 0 saturated heterocycles. The minimum atomic E-state index is -0.402. The molecule has 1 amide bonds. The Morgan fingerprint density at radius 3 is 2.71 bits per heavy atom. The van der Waals surface area contributed by atoms with Gasteiger partial charge in [0.25, 0.3) is 5.91 Å². The molecule has 0 saturated carbocycles. The van der Waals surface area contributed by atoms with Crippen molar-refractivity contribution in [1.82, 2.24) is 4.90 Å². The normalized spacial score (nSPS) is 10.1. The fourth-order valence-electron chi connectivity index (χ4n) is 1.35. The van der Waals surface area contributed by atoms with Crippen LogP contribution in [0.25, 0.3) is 0 Å². The maximum Gasteiger partial charge on any atom is 0.325 e. The SMILES string of the molecule is CCCN(CC(=O)OC)C(=O)c1csc(Br)c1. The maximum absolute atomic E-state index is 12.1. The summed E-state index contributed by atoms with van der Waals surface area (Å²) in [5, 5.41) is 1.77. The van der Waals surface area contributed by atoms with Crippen LogP contribution < -0.4 is 0 Å². The van der Waals surface area contributed by atoms with E-state index in [4.69, 9.17) is 0 Å². The Bertz CT molecular complexity index is 405. The Morgan fingerprint density at radius 2 is 2.24 bits per heavy atom. The zero-order valence-electron chi connectivity index (χ0n) is 9.73. The molecule has 94 valence electrons. The first-order chi connectivity index (χ1) is 8.08. The third kappa shape index (κ3) is 4.12. The monoisotopic (exact) mass is 319 g/mol. The molecule has 0 aliphatic rings. The molecule has 0 bridgehead atoms. The van der Waals surface area contributed by atoms with Gasteiger partial charge in [-0.1, -0.05) is 6.92 Å². The average molecular weight is 320 g/mol. The Kier molecular flexibility index (Phi) is 5.64. The molecular weight excluding hydrogens is 306 g/mol. The molecular formula is C11H14BrNO3S. The quantitative estimate of drug-likeness (QED) is 0.783. The van der Waals surface area contributed by atoms with E-state index in [0.717, 1.165) is 10.2 Å². The van der Waals surface area contributed by atoms with Gasteiger partial charge in [0.15, 0.2) is 0 Å². The van der Waals surface area contributed by atoms with Crippen molar-refractivity contribution >= 4 is 39.1 Å². The van der Waals surface area contributed by atoms with Gasteiger partial charge in [-0.2, -0.15) is 0 Å². The highest BCUT2D eigenvalue weighted by Crippen LogP contribution is 2.21. The Morgan fingerprint density at radius 1 is 1.53 bits per heavy atom. The van der Waals surface area contributed by atoms with Crippen molar-refractivity contribution in [3.05, 3.63) is 20.8 Å². The van der Waals surface area contributed by atoms with Gasteiger partial charge in [0.05, 0.1) is 16.5 Å². The number of carbonyl (C=O) groups is 2. The molecule has 0 N–H and O–H groups in total. The lowest BCUT2D eigenvalue weighted by atomic mass is 10.2. The van der Waals surface area contributed by atoms with Gasteiger partial charge in [-0.3, -0.25) is 9.59 Å². The summed E-state index contributed by atoms with van der Waals surface area (Å²) in [5.74, 6) is -0.541. The van der Waals surface area contributed by atoms with E-state index in [1.807, 2.05) is 6.92 Å². The summed E-state index contributed by atoms with van der Waals surface area (Å²) in [6.07, 6.45) is 0.800. The number of halogens is 1. The zero-order chi connectivity index (χ0) is 12.8. The molecule has 4 nitrogen and oxygen atoms in total. The summed E-state index contributed by atoms with van der Waals surface area (Å²) in [5.41, 5.74) is 0.597. The second-order valence-corrected chi connectivity index (χ2v) is 5.73. The molecule has 1 rings (SSSR count). The largest absolute Gasteiger partial charge is 0.468 e. The minimum absolute atomic E-state index is 0.00333. The number of nitrogens with zero attached hydrogens (tertiary/aromatic N) is 1. The standard InChI is InChI=1S/C11H14BrNO3S/c1-3-4-13(6-10(14)16-2)11(15)8-5-9(12)17-7-8/h5,7H,3-4,6H2,1-2H3. The van der Waals surface area contributed by atoms with E-state index in [1.54, 1.807) is 11.4 Å². The van der Waals surface area contributed by atoms with Crippen LogP contribution in [0.15, 0.2) is 15.2 Å². The number of methoxy groups -OCH3 is 1. The van der Waals surface area contributed by atoms with E-state index in [0.29, 0.717) is 12.1 Å². The number of rotatable bonds is 5. The highest BCUT2D eigenvalue weighted by molar-refractivity contribution is 9.11. The second kappa shape index (κ2) is 6.76. The summed E-state index contributed by atoms with van der Waals surface area (Å²) in [6.45, 7) is 2.50. The number of hydrogen-bond acceptors (Lipinski definition) is 4. The first kappa shape index (κ1) is 14.2. The number of thiophene rings is 1. The van der Waals surface area contributed by atoms with Crippen molar-refractivity contribution in [2.24, 2.45) is 0 Å². The molecule has 17 heavy (non-hydrogen) atoms. The summed E-state index contributed by atoms with van der Waals surface area (Å²) >= 11 is 4.76. The molecule has 1 aromatic heterocycles. The molecule has 0 spiro atoms. The molecule has 0 radical (unpaired) electrons. The van der Waals surface area contributed by atoms with Gasteiger partial charge < -0.3 is 9.64 Å². The maximum atomic E-state index is 12.1. The molecule has 0 aromatic carbocycles. The summed E-state index contributed by atoms with van der Waals surface area (Å²) in [6, 6.07) is 1.76. The van der Waals surface area contributed by atoms with Crippen LogP contribution in [-0.2, 0) is 9.53 Å². The van der Waals surface area contributed by atoms with Crippen molar-refractivity contribution in [2.45, 2.75) is 13.3 Å². The average Bonchev–Trinajstić information content (AvgIpc) is 2.74. The Labute approximate surface area is 113 Å². The van der Waals surface area contributed by atoms with Crippen LogP contribution in [0.2, 0.25) is 0 Å². The van der Waals surface area contributed by atoms with Crippen LogP contribution in [0.5, 0.6) is 0 Å². The molecule has 1 aromatic rings. The third-order valence-corrected chi connectivity index (χ3v) is 3.65. The van der Waals surface area contributed by atoms with Crippen molar-refractivity contribution < 1.29 is 14.3 Å². The van der Waals surface area contributed by atoms with Crippen molar-refractivity contribution in [2.75, 3.05) is 20.2 Å². The predicted octanol–water partition coefficient (Wildman–Crippen LogP) is 2.54. The Hall–Kier alpha value is -0.880. The molecule has 6 heteroatoms. The molecule has 0 unspecified atom stereocenters.